The molecule has 2 aromatic rings. The lowest BCUT2D eigenvalue weighted by Gasteiger charge is -2.09. The molecule has 1 heterocycles. The van der Waals surface area contributed by atoms with Crippen LogP contribution in [0, 0.1) is 0 Å². The van der Waals surface area contributed by atoms with Crippen molar-refractivity contribution < 1.29 is 10.0 Å². The second-order valence-corrected chi connectivity index (χ2v) is 4.43. The zero-order valence-corrected chi connectivity index (χ0v) is 10.7. The fourth-order valence-electron chi connectivity index (χ4n) is 1.79. The van der Waals surface area contributed by atoms with E-state index in [-0.39, 0.29) is 17.0 Å². The van der Waals surface area contributed by atoms with Crippen molar-refractivity contribution in [3.05, 3.63) is 39.9 Å². The van der Waals surface area contributed by atoms with Crippen molar-refractivity contribution in [3.8, 4) is 0 Å². The van der Waals surface area contributed by atoms with Crippen LogP contribution >= 0.6 is 0 Å². The minimum Gasteiger partial charge on any atom is -0.310 e. The first-order valence-electron chi connectivity index (χ1n) is 6.05. The Labute approximate surface area is 109 Å². The fourth-order valence-corrected chi connectivity index (χ4v) is 1.79. The van der Waals surface area contributed by atoms with Gasteiger partial charge in [0.05, 0.1) is 10.9 Å². The van der Waals surface area contributed by atoms with Crippen LogP contribution in [0.15, 0.2) is 23.0 Å². The van der Waals surface area contributed by atoms with Crippen LogP contribution < -0.4 is 11.0 Å². The van der Waals surface area contributed by atoms with Gasteiger partial charge in [0.25, 0.3) is 11.5 Å². The summed E-state index contributed by atoms with van der Waals surface area (Å²) in [6, 6.07) is 4.47. The molecule has 0 saturated carbocycles. The minimum atomic E-state index is -0.630. The topological polar surface area (TPSA) is 95.1 Å². The van der Waals surface area contributed by atoms with E-state index in [1.54, 1.807) is 5.48 Å². The summed E-state index contributed by atoms with van der Waals surface area (Å²) in [5.74, 6) is 0.100. The first-order chi connectivity index (χ1) is 9.06. The Bertz CT molecular complexity index is 678. The number of hydrogen-bond donors (Lipinski definition) is 3. The lowest BCUT2D eigenvalue weighted by atomic mass is 10.1. The summed E-state index contributed by atoms with van der Waals surface area (Å²) in [7, 11) is 0. The second kappa shape index (κ2) is 5.19. The molecule has 19 heavy (non-hydrogen) atoms. The van der Waals surface area contributed by atoms with E-state index in [2.05, 4.69) is 9.97 Å². The highest BCUT2D eigenvalue weighted by atomic mass is 16.5. The van der Waals surface area contributed by atoms with Gasteiger partial charge in [-0.25, -0.2) is 10.5 Å². The van der Waals surface area contributed by atoms with Crippen molar-refractivity contribution >= 4 is 16.8 Å². The lowest BCUT2D eigenvalue weighted by molar-refractivity contribution is 0.0706. The molecule has 0 aliphatic rings. The number of benzene rings is 1. The molecule has 0 bridgehead atoms. The van der Waals surface area contributed by atoms with Crippen molar-refractivity contribution in [2.75, 3.05) is 0 Å². The molecule has 3 N–H and O–H groups in total. The standard InChI is InChI=1S/C13H15N3O3/c1-3-7(2)11-14-10-6-8(12(17)16-19)4-5-9(10)13(18)15-11/h4-7,19H,3H2,1-2H3,(H,16,17)(H,14,15,18). The van der Waals surface area contributed by atoms with Crippen molar-refractivity contribution in [3.63, 3.8) is 0 Å². The largest absolute Gasteiger partial charge is 0.310 e. The van der Waals surface area contributed by atoms with Crippen LogP contribution in [-0.2, 0) is 0 Å². The molecule has 1 amide bonds. The average molecular weight is 261 g/mol. The zero-order valence-electron chi connectivity index (χ0n) is 10.7. The van der Waals surface area contributed by atoms with E-state index in [1.807, 2.05) is 13.8 Å². The zero-order chi connectivity index (χ0) is 14.0. The maximum Gasteiger partial charge on any atom is 0.274 e. The molecule has 0 spiro atoms. The van der Waals surface area contributed by atoms with Crippen LogP contribution in [0.2, 0.25) is 0 Å². The Kier molecular flexibility index (Phi) is 3.62. The maximum absolute atomic E-state index is 11.9. The summed E-state index contributed by atoms with van der Waals surface area (Å²) >= 11 is 0. The number of amides is 1. The van der Waals surface area contributed by atoms with Gasteiger partial charge in [0.1, 0.15) is 5.82 Å². The molecular weight excluding hydrogens is 246 g/mol. The van der Waals surface area contributed by atoms with Crippen LogP contribution in [-0.4, -0.2) is 21.1 Å². The molecule has 6 heteroatoms. The normalized spacial score (nSPS) is 12.4. The number of hydroxylamine groups is 1. The number of rotatable bonds is 3. The Morgan fingerprint density at radius 3 is 2.89 bits per heavy atom. The first kappa shape index (κ1) is 13.2. The van der Waals surface area contributed by atoms with Crippen molar-refractivity contribution in [2.24, 2.45) is 0 Å². The van der Waals surface area contributed by atoms with Crippen LogP contribution in [0.5, 0.6) is 0 Å². The summed E-state index contributed by atoms with van der Waals surface area (Å²) in [5, 5.41) is 9.03. The number of fused-ring (bicyclic) bond motifs is 1. The minimum absolute atomic E-state index is 0.132. The summed E-state index contributed by atoms with van der Waals surface area (Å²) < 4.78 is 0. The first-order valence-corrected chi connectivity index (χ1v) is 6.05. The van der Waals surface area contributed by atoms with Crippen LogP contribution in [0.25, 0.3) is 10.9 Å². The van der Waals surface area contributed by atoms with Crippen LogP contribution in [0.1, 0.15) is 42.4 Å². The van der Waals surface area contributed by atoms with Gasteiger partial charge in [-0.15, -0.1) is 0 Å². The number of H-pyrrole nitrogens is 1. The molecule has 1 aromatic heterocycles. The molecular formula is C13H15N3O3. The number of carbonyl (C=O) groups excluding carboxylic acids is 1. The van der Waals surface area contributed by atoms with E-state index >= 15 is 0 Å². The van der Waals surface area contributed by atoms with E-state index in [4.69, 9.17) is 5.21 Å². The van der Waals surface area contributed by atoms with E-state index in [1.165, 1.54) is 18.2 Å². The highest BCUT2D eigenvalue weighted by Crippen LogP contribution is 2.16. The molecule has 100 valence electrons. The molecule has 1 aromatic carbocycles. The lowest BCUT2D eigenvalue weighted by Crippen LogP contribution is -2.19. The third-order valence-corrected chi connectivity index (χ3v) is 3.17. The van der Waals surface area contributed by atoms with Crippen molar-refractivity contribution in [1.82, 2.24) is 15.4 Å². The molecule has 1 unspecified atom stereocenters. The molecule has 0 fully saturated rings. The molecule has 0 aliphatic carbocycles. The highest BCUT2D eigenvalue weighted by molar-refractivity contribution is 5.96. The smallest absolute Gasteiger partial charge is 0.274 e. The number of carbonyl (C=O) groups is 1. The van der Waals surface area contributed by atoms with Crippen LogP contribution in [0.3, 0.4) is 0 Å². The summed E-state index contributed by atoms with van der Waals surface area (Å²) in [6.07, 6.45) is 0.852. The van der Waals surface area contributed by atoms with Crippen molar-refractivity contribution in [1.29, 1.82) is 0 Å². The van der Waals surface area contributed by atoms with Gasteiger partial charge in [-0.1, -0.05) is 13.8 Å². The molecule has 0 saturated heterocycles. The molecule has 6 nitrogen and oxygen atoms in total. The molecule has 0 radical (unpaired) electrons. The van der Waals surface area contributed by atoms with E-state index in [0.29, 0.717) is 16.7 Å². The van der Waals surface area contributed by atoms with Gasteiger partial charge < -0.3 is 4.98 Å². The van der Waals surface area contributed by atoms with Gasteiger partial charge >= 0.3 is 0 Å². The summed E-state index contributed by atoms with van der Waals surface area (Å²) in [6.45, 7) is 3.97. The molecule has 1 atom stereocenters. The number of nitrogens with zero attached hydrogens (tertiary/aromatic N) is 1. The maximum atomic E-state index is 11.9. The third kappa shape index (κ3) is 2.48. The quantitative estimate of drug-likeness (QED) is 0.577. The van der Waals surface area contributed by atoms with Gasteiger partial charge in [0.2, 0.25) is 0 Å². The van der Waals surface area contributed by atoms with E-state index < -0.39 is 5.91 Å². The van der Waals surface area contributed by atoms with Gasteiger partial charge in [-0.3, -0.25) is 14.8 Å². The van der Waals surface area contributed by atoms with E-state index in [0.717, 1.165) is 6.42 Å². The predicted molar refractivity (Wildman–Crippen MR) is 70.3 cm³/mol. The van der Waals surface area contributed by atoms with Gasteiger partial charge in [0.15, 0.2) is 0 Å². The Morgan fingerprint density at radius 1 is 1.53 bits per heavy atom. The fraction of sp³-hybridized carbons (Fsp3) is 0.308. The SMILES string of the molecule is CCC(C)c1nc2cc(C(=O)NO)ccc2c(=O)[nH]1. The second-order valence-electron chi connectivity index (χ2n) is 4.43. The molecule has 2 rings (SSSR count). The van der Waals surface area contributed by atoms with E-state index in [9.17, 15) is 9.59 Å². The van der Waals surface area contributed by atoms with Gasteiger partial charge in [-0.2, -0.15) is 0 Å². The third-order valence-electron chi connectivity index (χ3n) is 3.17. The van der Waals surface area contributed by atoms with Gasteiger partial charge in [0, 0.05) is 11.5 Å². The predicted octanol–water partition coefficient (Wildman–Crippen LogP) is 1.56. The van der Waals surface area contributed by atoms with Crippen molar-refractivity contribution in [2.45, 2.75) is 26.2 Å². The Hall–Kier alpha value is -2.21. The highest BCUT2D eigenvalue weighted by Gasteiger charge is 2.11. The Morgan fingerprint density at radius 2 is 2.26 bits per heavy atom. The number of nitrogens with one attached hydrogen (secondary N) is 2. The molecule has 0 aliphatic heterocycles. The average Bonchev–Trinajstić information content (AvgIpc) is 2.44. The van der Waals surface area contributed by atoms with Crippen LogP contribution in [0.4, 0.5) is 0 Å². The number of hydrogen-bond acceptors (Lipinski definition) is 4. The number of aromatic nitrogens is 2. The number of aromatic amines is 1. The summed E-state index contributed by atoms with van der Waals surface area (Å²) in [5.41, 5.74) is 2.03. The monoisotopic (exact) mass is 261 g/mol. The van der Waals surface area contributed by atoms with Gasteiger partial charge in [-0.05, 0) is 24.6 Å². The Balaban J connectivity index is 2.63. The summed E-state index contributed by atoms with van der Waals surface area (Å²) in [4.78, 5) is 30.4.